The van der Waals surface area contributed by atoms with Gasteiger partial charge in [0.1, 0.15) is 0 Å². The minimum absolute atomic E-state index is 0.0259. The molecule has 0 aromatic carbocycles. The largest absolute Gasteiger partial charge is 0.320 e. The second-order valence-corrected chi connectivity index (χ2v) is 5.29. The minimum atomic E-state index is -3.49. The predicted molar refractivity (Wildman–Crippen MR) is 55.0 cm³/mol. The SMILES string of the molecule is CCC(C)C(N)C(=O)NS(=O)(=O)CC. The predicted octanol–water partition coefficient (Wildman–Crippen LogP) is -0.174. The average molecular weight is 222 g/mol. The molecule has 3 N–H and O–H groups in total. The van der Waals surface area contributed by atoms with Gasteiger partial charge in [-0.1, -0.05) is 20.3 Å². The van der Waals surface area contributed by atoms with Crippen molar-refractivity contribution in [2.45, 2.75) is 33.2 Å². The van der Waals surface area contributed by atoms with E-state index in [0.29, 0.717) is 0 Å². The smallest absolute Gasteiger partial charge is 0.250 e. The van der Waals surface area contributed by atoms with E-state index in [-0.39, 0.29) is 11.7 Å². The summed E-state index contributed by atoms with van der Waals surface area (Å²) in [6.45, 7) is 5.17. The molecule has 0 aromatic rings. The highest BCUT2D eigenvalue weighted by Gasteiger charge is 2.22. The van der Waals surface area contributed by atoms with Crippen LogP contribution in [-0.4, -0.2) is 26.1 Å². The number of rotatable bonds is 5. The van der Waals surface area contributed by atoms with E-state index >= 15 is 0 Å². The van der Waals surface area contributed by atoms with Crippen LogP contribution in [0.4, 0.5) is 0 Å². The zero-order valence-electron chi connectivity index (χ0n) is 8.78. The fourth-order valence-corrected chi connectivity index (χ4v) is 1.39. The van der Waals surface area contributed by atoms with Crippen molar-refractivity contribution < 1.29 is 13.2 Å². The normalized spacial score (nSPS) is 16.0. The van der Waals surface area contributed by atoms with Crippen molar-refractivity contribution in [2.24, 2.45) is 11.7 Å². The standard InChI is InChI=1S/C8H18N2O3S/c1-4-6(3)7(9)8(11)10-14(12,13)5-2/h6-7H,4-5,9H2,1-3H3,(H,10,11). The molecule has 0 saturated heterocycles. The number of amides is 1. The van der Waals surface area contributed by atoms with E-state index < -0.39 is 22.0 Å². The van der Waals surface area contributed by atoms with Crippen molar-refractivity contribution in [3.05, 3.63) is 0 Å². The van der Waals surface area contributed by atoms with Gasteiger partial charge in [-0.3, -0.25) is 9.52 Å². The Kier molecular flexibility index (Phi) is 5.07. The lowest BCUT2D eigenvalue weighted by atomic mass is 10.00. The number of sulfonamides is 1. The second-order valence-electron chi connectivity index (χ2n) is 3.28. The van der Waals surface area contributed by atoms with Crippen molar-refractivity contribution in [1.82, 2.24) is 4.72 Å². The summed E-state index contributed by atoms with van der Waals surface area (Å²) >= 11 is 0. The van der Waals surface area contributed by atoms with E-state index in [1.165, 1.54) is 6.92 Å². The summed E-state index contributed by atoms with van der Waals surface area (Å²) in [5.74, 6) is -0.769. The molecule has 0 bridgehead atoms. The van der Waals surface area contributed by atoms with E-state index in [0.717, 1.165) is 6.42 Å². The van der Waals surface area contributed by atoms with Gasteiger partial charge < -0.3 is 5.73 Å². The van der Waals surface area contributed by atoms with Gasteiger partial charge in [-0.15, -0.1) is 0 Å². The highest BCUT2D eigenvalue weighted by Crippen LogP contribution is 2.05. The van der Waals surface area contributed by atoms with E-state index in [2.05, 4.69) is 0 Å². The van der Waals surface area contributed by atoms with Crippen molar-refractivity contribution in [1.29, 1.82) is 0 Å². The molecule has 6 heteroatoms. The van der Waals surface area contributed by atoms with Gasteiger partial charge in [-0.05, 0) is 12.8 Å². The summed E-state index contributed by atoms with van der Waals surface area (Å²) in [4.78, 5) is 11.3. The summed E-state index contributed by atoms with van der Waals surface area (Å²) < 4.78 is 24.0. The highest BCUT2D eigenvalue weighted by atomic mass is 32.2. The molecular formula is C8H18N2O3S. The number of nitrogens with one attached hydrogen (secondary N) is 1. The maximum Gasteiger partial charge on any atom is 0.250 e. The number of hydrogen-bond acceptors (Lipinski definition) is 4. The summed E-state index contributed by atoms with van der Waals surface area (Å²) in [5.41, 5.74) is 5.56. The first-order valence-corrected chi connectivity index (χ1v) is 6.29. The van der Waals surface area contributed by atoms with Crippen LogP contribution >= 0.6 is 0 Å². The van der Waals surface area contributed by atoms with Crippen molar-refractivity contribution in [2.75, 3.05) is 5.75 Å². The van der Waals surface area contributed by atoms with Crippen LogP contribution in [0.5, 0.6) is 0 Å². The Hall–Kier alpha value is -0.620. The van der Waals surface area contributed by atoms with Crippen LogP contribution in [0.3, 0.4) is 0 Å². The summed E-state index contributed by atoms with van der Waals surface area (Å²) in [6, 6.07) is -0.763. The number of nitrogens with two attached hydrogens (primary N) is 1. The molecule has 0 spiro atoms. The van der Waals surface area contributed by atoms with Crippen LogP contribution < -0.4 is 10.5 Å². The van der Waals surface area contributed by atoms with Gasteiger partial charge in [-0.25, -0.2) is 8.42 Å². The molecule has 0 aliphatic heterocycles. The fourth-order valence-electron chi connectivity index (χ4n) is 0.806. The first kappa shape index (κ1) is 13.4. The molecule has 0 aliphatic rings. The monoisotopic (exact) mass is 222 g/mol. The third kappa shape index (κ3) is 4.06. The average Bonchev–Trinajstić information content (AvgIpc) is 2.14. The Morgan fingerprint density at radius 1 is 1.43 bits per heavy atom. The van der Waals surface area contributed by atoms with Crippen molar-refractivity contribution in [3.63, 3.8) is 0 Å². The van der Waals surface area contributed by atoms with E-state index in [9.17, 15) is 13.2 Å². The third-order valence-corrected chi connectivity index (χ3v) is 3.47. The first-order valence-electron chi connectivity index (χ1n) is 4.64. The summed E-state index contributed by atoms with van der Waals surface area (Å²) in [5, 5.41) is 0. The lowest BCUT2D eigenvalue weighted by molar-refractivity contribution is -0.121. The molecule has 0 saturated carbocycles. The molecular weight excluding hydrogens is 204 g/mol. The Labute approximate surface area is 85.1 Å². The Bertz CT molecular complexity index is 287. The van der Waals surface area contributed by atoms with E-state index in [1.54, 1.807) is 0 Å². The van der Waals surface area contributed by atoms with Gasteiger partial charge in [0.25, 0.3) is 5.91 Å². The van der Waals surface area contributed by atoms with E-state index in [1.807, 2.05) is 18.6 Å². The lowest BCUT2D eigenvalue weighted by Gasteiger charge is -2.17. The number of carbonyl (C=O) groups is 1. The third-order valence-electron chi connectivity index (χ3n) is 2.20. The Morgan fingerprint density at radius 3 is 2.29 bits per heavy atom. The maximum atomic E-state index is 11.3. The molecule has 84 valence electrons. The van der Waals surface area contributed by atoms with Crippen molar-refractivity contribution in [3.8, 4) is 0 Å². The molecule has 2 atom stereocenters. The van der Waals surface area contributed by atoms with Crippen LogP contribution in [0.2, 0.25) is 0 Å². The van der Waals surface area contributed by atoms with E-state index in [4.69, 9.17) is 5.73 Å². The fraction of sp³-hybridized carbons (Fsp3) is 0.875. The number of carbonyl (C=O) groups excluding carboxylic acids is 1. The van der Waals surface area contributed by atoms with Gasteiger partial charge in [0.05, 0.1) is 11.8 Å². The molecule has 5 nitrogen and oxygen atoms in total. The van der Waals surface area contributed by atoms with Crippen LogP contribution in [-0.2, 0) is 14.8 Å². The molecule has 0 heterocycles. The molecule has 0 fully saturated rings. The van der Waals surface area contributed by atoms with Crippen molar-refractivity contribution >= 4 is 15.9 Å². The Morgan fingerprint density at radius 2 is 1.93 bits per heavy atom. The van der Waals surface area contributed by atoms with Crippen LogP contribution in [0, 0.1) is 5.92 Å². The highest BCUT2D eigenvalue weighted by molar-refractivity contribution is 7.90. The molecule has 0 aliphatic carbocycles. The summed E-state index contributed by atoms with van der Waals surface area (Å²) in [7, 11) is -3.49. The van der Waals surface area contributed by atoms with Gasteiger partial charge in [0.15, 0.2) is 0 Å². The van der Waals surface area contributed by atoms with Gasteiger partial charge in [0.2, 0.25) is 10.0 Å². The van der Waals surface area contributed by atoms with Gasteiger partial charge in [0, 0.05) is 0 Å². The Balaban J connectivity index is 4.36. The topological polar surface area (TPSA) is 89.3 Å². The molecule has 1 amide bonds. The minimum Gasteiger partial charge on any atom is -0.320 e. The molecule has 14 heavy (non-hydrogen) atoms. The van der Waals surface area contributed by atoms with Crippen LogP contribution in [0.1, 0.15) is 27.2 Å². The van der Waals surface area contributed by atoms with Gasteiger partial charge >= 0.3 is 0 Å². The zero-order valence-corrected chi connectivity index (χ0v) is 9.60. The maximum absolute atomic E-state index is 11.3. The molecule has 0 radical (unpaired) electrons. The van der Waals surface area contributed by atoms with Crippen LogP contribution in [0.25, 0.3) is 0 Å². The second kappa shape index (κ2) is 5.31. The quantitative estimate of drug-likeness (QED) is 0.675. The zero-order chi connectivity index (χ0) is 11.4. The summed E-state index contributed by atoms with van der Waals surface area (Å²) in [6.07, 6.45) is 0.737. The lowest BCUT2D eigenvalue weighted by Crippen LogP contribution is -2.47. The molecule has 0 rings (SSSR count). The van der Waals surface area contributed by atoms with Crippen LogP contribution in [0.15, 0.2) is 0 Å². The molecule has 2 unspecified atom stereocenters. The molecule has 0 aromatic heterocycles. The first-order chi connectivity index (χ1) is 6.34. The number of hydrogen-bond donors (Lipinski definition) is 2. The van der Waals surface area contributed by atoms with Gasteiger partial charge in [-0.2, -0.15) is 0 Å².